The van der Waals surface area contributed by atoms with E-state index in [1.165, 1.54) is 11.3 Å². The first-order valence-corrected chi connectivity index (χ1v) is 9.93. The number of nitrogens with one attached hydrogen (secondary N) is 2. The van der Waals surface area contributed by atoms with Crippen LogP contribution in [0.15, 0.2) is 10.4 Å². The lowest BCUT2D eigenvalue weighted by Gasteiger charge is -2.11. The van der Waals surface area contributed by atoms with Crippen molar-refractivity contribution in [3.63, 3.8) is 0 Å². The van der Waals surface area contributed by atoms with Crippen LogP contribution in [0.2, 0.25) is 0 Å². The molecule has 0 radical (unpaired) electrons. The Bertz CT molecular complexity index is 700. The highest BCUT2D eigenvalue weighted by Gasteiger charge is 2.13. The summed E-state index contributed by atoms with van der Waals surface area (Å²) in [5.74, 6) is 0.849. The zero-order valence-corrected chi connectivity index (χ0v) is 16.8. The molecule has 0 fully saturated rings. The second-order valence-corrected chi connectivity index (χ2v) is 6.99. The molecule has 0 spiro atoms. The van der Waals surface area contributed by atoms with E-state index in [0.717, 1.165) is 54.7 Å². The highest BCUT2D eigenvalue weighted by molar-refractivity contribution is 7.09. The fraction of sp³-hybridized carbons (Fsp3) is 0.611. The minimum absolute atomic E-state index is 0.658. The van der Waals surface area contributed by atoms with E-state index in [2.05, 4.69) is 46.9 Å². The number of nitrogens with zero attached hydrogens (tertiary/aromatic N) is 4. The molecular formula is C18H30N6S. The van der Waals surface area contributed by atoms with Gasteiger partial charge < -0.3 is 10.6 Å². The van der Waals surface area contributed by atoms with E-state index in [4.69, 9.17) is 4.99 Å². The fourth-order valence-corrected chi connectivity index (χ4v) is 3.55. The van der Waals surface area contributed by atoms with Gasteiger partial charge in [0.15, 0.2) is 5.96 Å². The molecule has 0 atom stereocenters. The third kappa shape index (κ3) is 5.29. The van der Waals surface area contributed by atoms with Gasteiger partial charge in [0, 0.05) is 43.2 Å². The first-order chi connectivity index (χ1) is 12.1. The molecular weight excluding hydrogens is 332 g/mol. The molecule has 0 aliphatic rings. The van der Waals surface area contributed by atoms with Gasteiger partial charge in [-0.25, -0.2) is 9.98 Å². The van der Waals surface area contributed by atoms with Crippen molar-refractivity contribution >= 4 is 17.3 Å². The van der Waals surface area contributed by atoms with Crippen LogP contribution in [0.5, 0.6) is 0 Å². The summed E-state index contributed by atoms with van der Waals surface area (Å²) in [6.45, 7) is 10.8. The number of thiazole rings is 1. The largest absolute Gasteiger partial charge is 0.357 e. The lowest BCUT2D eigenvalue weighted by atomic mass is 10.1. The Hall–Kier alpha value is -1.89. The number of aryl methyl sites for hydroxylation is 3. The van der Waals surface area contributed by atoms with Crippen LogP contribution in [0.1, 0.15) is 48.4 Å². The Morgan fingerprint density at radius 3 is 2.64 bits per heavy atom. The van der Waals surface area contributed by atoms with Crippen molar-refractivity contribution in [2.24, 2.45) is 12.0 Å². The van der Waals surface area contributed by atoms with Crippen LogP contribution in [0.4, 0.5) is 0 Å². The van der Waals surface area contributed by atoms with Crippen molar-refractivity contribution in [3.8, 4) is 0 Å². The van der Waals surface area contributed by atoms with Gasteiger partial charge in [0.05, 0.1) is 22.9 Å². The second kappa shape index (κ2) is 9.56. The van der Waals surface area contributed by atoms with E-state index in [1.807, 2.05) is 18.7 Å². The molecule has 0 bridgehead atoms. The minimum Gasteiger partial charge on any atom is -0.357 e. The summed E-state index contributed by atoms with van der Waals surface area (Å²) >= 11 is 1.70. The van der Waals surface area contributed by atoms with Crippen molar-refractivity contribution in [1.82, 2.24) is 25.4 Å². The van der Waals surface area contributed by atoms with Gasteiger partial charge in [0.1, 0.15) is 0 Å². The maximum absolute atomic E-state index is 4.77. The van der Waals surface area contributed by atoms with E-state index < -0.39 is 0 Å². The Morgan fingerprint density at radius 2 is 2.04 bits per heavy atom. The van der Waals surface area contributed by atoms with Gasteiger partial charge in [-0.15, -0.1) is 11.3 Å². The summed E-state index contributed by atoms with van der Waals surface area (Å²) < 4.78 is 1.99. The monoisotopic (exact) mass is 362 g/mol. The van der Waals surface area contributed by atoms with Crippen LogP contribution in [-0.2, 0) is 32.9 Å². The molecule has 7 heteroatoms. The van der Waals surface area contributed by atoms with E-state index in [0.29, 0.717) is 6.54 Å². The lowest BCUT2D eigenvalue weighted by molar-refractivity contribution is 0.703. The maximum atomic E-state index is 4.77. The maximum Gasteiger partial charge on any atom is 0.191 e. The van der Waals surface area contributed by atoms with Crippen LogP contribution >= 0.6 is 11.3 Å². The molecule has 0 amide bonds. The predicted molar refractivity (Wildman–Crippen MR) is 105 cm³/mol. The zero-order valence-electron chi connectivity index (χ0n) is 16.0. The van der Waals surface area contributed by atoms with Gasteiger partial charge in [0.2, 0.25) is 0 Å². The van der Waals surface area contributed by atoms with Crippen molar-refractivity contribution < 1.29 is 0 Å². The molecule has 0 saturated carbocycles. The SMILES string of the molecule is CCNC(=NCc1c(CC)nn(C)c1CC)NCCc1csc(C)n1. The van der Waals surface area contributed by atoms with Crippen LogP contribution in [0.25, 0.3) is 0 Å². The van der Waals surface area contributed by atoms with Crippen molar-refractivity contribution in [3.05, 3.63) is 33.0 Å². The molecule has 0 aliphatic carbocycles. The van der Waals surface area contributed by atoms with Gasteiger partial charge in [-0.2, -0.15) is 5.10 Å². The summed E-state index contributed by atoms with van der Waals surface area (Å²) in [6.07, 6.45) is 2.81. The molecule has 138 valence electrons. The standard InChI is InChI=1S/C18H30N6S/c1-6-16-15(17(7-2)24(5)23-16)11-21-18(19-8-3)20-10-9-14-12-25-13(4)22-14/h12H,6-11H2,1-5H3,(H2,19,20,21). The molecule has 25 heavy (non-hydrogen) atoms. The third-order valence-corrected chi connectivity index (χ3v) is 4.93. The number of aromatic nitrogens is 3. The quantitative estimate of drug-likeness (QED) is 0.559. The second-order valence-electron chi connectivity index (χ2n) is 5.93. The molecule has 2 N–H and O–H groups in total. The summed E-state index contributed by atoms with van der Waals surface area (Å²) in [7, 11) is 2.02. The Balaban J connectivity index is 2.01. The van der Waals surface area contributed by atoms with Gasteiger partial charge in [-0.05, 0) is 26.7 Å². The molecule has 2 aromatic rings. The van der Waals surface area contributed by atoms with E-state index in [-0.39, 0.29) is 0 Å². The average Bonchev–Trinajstić information content (AvgIpc) is 3.14. The topological polar surface area (TPSA) is 67.1 Å². The summed E-state index contributed by atoms with van der Waals surface area (Å²) in [6, 6.07) is 0. The van der Waals surface area contributed by atoms with Crippen LogP contribution in [-0.4, -0.2) is 33.8 Å². The lowest BCUT2D eigenvalue weighted by Crippen LogP contribution is -2.38. The van der Waals surface area contributed by atoms with Crippen molar-refractivity contribution in [2.75, 3.05) is 13.1 Å². The van der Waals surface area contributed by atoms with Gasteiger partial charge in [-0.1, -0.05) is 13.8 Å². The predicted octanol–water partition coefficient (Wildman–Crippen LogP) is 2.61. The smallest absolute Gasteiger partial charge is 0.191 e. The van der Waals surface area contributed by atoms with Gasteiger partial charge in [-0.3, -0.25) is 4.68 Å². The van der Waals surface area contributed by atoms with E-state index in [1.54, 1.807) is 11.3 Å². The van der Waals surface area contributed by atoms with Crippen LogP contribution in [0.3, 0.4) is 0 Å². The summed E-state index contributed by atoms with van der Waals surface area (Å²) in [5.41, 5.74) is 4.82. The molecule has 6 nitrogen and oxygen atoms in total. The Morgan fingerprint density at radius 1 is 1.24 bits per heavy atom. The molecule has 0 unspecified atom stereocenters. The van der Waals surface area contributed by atoms with E-state index >= 15 is 0 Å². The number of rotatable bonds is 8. The van der Waals surface area contributed by atoms with E-state index in [9.17, 15) is 0 Å². The van der Waals surface area contributed by atoms with Gasteiger partial charge in [0.25, 0.3) is 0 Å². The van der Waals surface area contributed by atoms with Crippen LogP contribution in [0, 0.1) is 6.92 Å². The van der Waals surface area contributed by atoms with Crippen LogP contribution < -0.4 is 10.6 Å². The number of aliphatic imine (C=N–C) groups is 1. The highest BCUT2D eigenvalue weighted by atomic mass is 32.1. The summed E-state index contributed by atoms with van der Waals surface area (Å²) in [5, 5.41) is 14.6. The first kappa shape index (κ1) is 19.4. The highest BCUT2D eigenvalue weighted by Crippen LogP contribution is 2.16. The third-order valence-electron chi connectivity index (χ3n) is 4.11. The Labute approximate surface area is 154 Å². The molecule has 0 saturated heterocycles. The Kier molecular flexibility index (Phi) is 7.43. The van der Waals surface area contributed by atoms with Crippen molar-refractivity contribution in [1.29, 1.82) is 0 Å². The summed E-state index contributed by atoms with van der Waals surface area (Å²) in [4.78, 5) is 9.28. The molecule has 2 heterocycles. The zero-order chi connectivity index (χ0) is 18.2. The number of guanidine groups is 1. The fourth-order valence-electron chi connectivity index (χ4n) is 2.90. The van der Waals surface area contributed by atoms with Gasteiger partial charge >= 0.3 is 0 Å². The normalized spacial score (nSPS) is 11.8. The molecule has 2 aromatic heterocycles. The number of hydrogen-bond acceptors (Lipinski definition) is 4. The average molecular weight is 363 g/mol. The molecule has 2 rings (SSSR count). The number of hydrogen-bond donors (Lipinski definition) is 2. The molecule has 0 aliphatic heterocycles. The molecule has 0 aromatic carbocycles. The van der Waals surface area contributed by atoms with Crippen molar-refractivity contribution in [2.45, 2.75) is 53.5 Å². The minimum atomic E-state index is 0.658. The first-order valence-electron chi connectivity index (χ1n) is 9.05.